The maximum Gasteiger partial charge on any atom is 0.341 e. The third-order valence-corrected chi connectivity index (χ3v) is 4.90. The summed E-state index contributed by atoms with van der Waals surface area (Å²) < 4.78 is 6.56. The lowest BCUT2D eigenvalue weighted by Crippen LogP contribution is -2.37. The number of aromatic carboxylic acids is 1. The maximum absolute atomic E-state index is 12.3. The van der Waals surface area contributed by atoms with Crippen LogP contribution in [0, 0.1) is 6.92 Å². The van der Waals surface area contributed by atoms with Crippen molar-refractivity contribution in [2.24, 2.45) is 0 Å². The first kappa shape index (κ1) is 16.7. The van der Waals surface area contributed by atoms with Gasteiger partial charge >= 0.3 is 5.97 Å². The van der Waals surface area contributed by atoms with Gasteiger partial charge in [0.2, 0.25) is 5.13 Å². The molecule has 1 aliphatic heterocycles. The minimum atomic E-state index is -1.23. The molecule has 0 saturated carbocycles. The van der Waals surface area contributed by atoms with Crippen LogP contribution in [0.1, 0.15) is 20.9 Å². The molecule has 1 N–H and O–H groups in total. The second kappa shape index (κ2) is 7.20. The highest BCUT2D eigenvalue weighted by Crippen LogP contribution is 2.15. The number of rotatable bonds is 5. The highest BCUT2D eigenvalue weighted by Gasteiger charge is 2.17. The molecule has 0 amide bonds. The smallest absolute Gasteiger partial charge is 0.341 e. The Labute approximate surface area is 142 Å². The lowest BCUT2D eigenvalue weighted by atomic mass is 10.1. The summed E-state index contributed by atoms with van der Waals surface area (Å²) in [5, 5.41) is 18.6. The minimum absolute atomic E-state index is 0.234. The van der Waals surface area contributed by atoms with E-state index in [9.17, 15) is 14.7 Å². The van der Waals surface area contributed by atoms with Crippen LogP contribution in [-0.4, -0.2) is 63.6 Å². The lowest BCUT2D eigenvalue weighted by molar-refractivity contribution is 0.0384. The van der Waals surface area contributed by atoms with Crippen LogP contribution in [0.15, 0.2) is 17.1 Å². The van der Waals surface area contributed by atoms with Crippen LogP contribution in [0.2, 0.25) is 0 Å². The minimum Gasteiger partial charge on any atom is -0.477 e. The zero-order valence-electron chi connectivity index (χ0n) is 13.3. The lowest BCUT2D eigenvalue weighted by Gasteiger charge is -2.25. The third kappa shape index (κ3) is 3.53. The second-order valence-corrected chi connectivity index (χ2v) is 6.58. The molecule has 8 nitrogen and oxygen atoms in total. The monoisotopic (exact) mass is 350 g/mol. The summed E-state index contributed by atoms with van der Waals surface area (Å²) in [4.78, 5) is 25.9. The Kier molecular flexibility index (Phi) is 5.03. The fourth-order valence-electron chi connectivity index (χ4n) is 2.56. The van der Waals surface area contributed by atoms with Crippen LogP contribution in [0.25, 0.3) is 5.13 Å². The summed E-state index contributed by atoms with van der Waals surface area (Å²) >= 11 is 1.30. The van der Waals surface area contributed by atoms with Crippen LogP contribution in [0.3, 0.4) is 0 Å². The van der Waals surface area contributed by atoms with E-state index in [0.717, 1.165) is 44.3 Å². The van der Waals surface area contributed by atoms with Gasteiger partial charge in [-0.1, -0.05) is 11.3 Å². The number of pyridine rings is 1. The first-order valence-corrected chi connectivity index (χ1v) is 8.46. The van der Waals surface area contributed by atoms with Gasteiger partial charge in [-0.05, 0) is 18.6 Å². The number of ether oxygens (including phenoxy) is 1. The van der Waals surface area contributed by atoms with Crippen LogP contribution in [-0.2, 0) is 11.2 Å². The van der Waals surface area contributed by atoms with Gasteiger partial charge in [0.15, 0.2) is 0 Å². The van der Waals surface area contributed by atoms with E-state index in [2.05, 4.69) is 15.1 Å². The molecule has 0 radical (unpaired) electrons. The first-order valence-electron chi connectivity index (χ1n) is 7.64. The highest BCUT2D eigenvalue weighted by molar-refractivity contribution is 7.13. The topological polar surface area (TPSA) is 97.6 Å². The van der Waals surface area contributed by atoms with Gasteiger partial charge in [-0.2, -0.15) is 0 Å². The molecule has 0 aliphatic carbocycles. The Hall–Kier alpha value is -2.10. The van der Waals surface area contributed by atoms with Crippen molar-refractivity contribution in [2.75, 3.05) is 32.8 Å². The Bertz CT molecular complexity index is 795. The molecule has 2 aromatic rings. The summed E-state index contributed by atoms with van der Waals surface area (Å²) in [7, 11) is 0. The first-order chi connectivity index (χ1) is 11.6. The molecule has 9 heteroatoms. The SMILES string of the molecule is Cc1ccn(-c2nnc(CCN3CCOCC3)s2)c(=O)c1C(=O)O. The van der Waals surface area contributed by atoms with Crippen molar-refractivity contribution >= 4 is 17.3 Å². The summed E-state index contributed by atoms with van der Waals surface area (Å²) in [6.45, 7) is 5.77. The van der Waals surface area contributed by atoms with E-state index in [-0.39, 0.29) is 5.56 Å². The molecule has 0 unspecified atom stereocenters. The van der Waals surface area contributed by atoms with Crippen molar-refractivity contribution in [3.63, 3.8) is 0 Å². The van der Waals surface area contributed by atoms with Crippen molar-refractivity contribution in [1.82, 2.24) is 19.7 Å². The summed E-state index contributed by atoms with van der Waals surface area (Å²) in [5.41, 5.74) is -0.387. The fraction of sp³-hybridized carbons (Fsp3) is 0.467. The summed E-state index contributed by atoms with van der Waals surface area (Å²) in [6.07, 6.45) is 2.28. The third-order valence-electron chi connectivity index (χ3n) is 3.92. The zero-order chi connectivity index (χ0) is 17.1. The zero-order valence-corrected chi connectivity index (χ0v) is 14.1. The van der Waals surface area contributed by atoms with Gasteiger partial charge in [0.1, 0.15) is 10.6 Å². The number of nitrogens with zero attached hydrogens (tertiary/aromatic N) is 4. The van der Waals surface area contributed by atoms with Crippen molar-refractivity contribution < 1.29 is 14.6 Å². The number of hydrogen-bond donors (Lipinski definition) is 1. The summed E-state index contributed by atoms with van der Waals surface area (Å²) in [5.74, 6) is -1.23. The Balaban J connectivity index is 1.77. The largest absolute Gasteiger partial charge is 0.477 e. The van der Waals surface area contributed by atoms with Gasteiger partial charge in [0.25, 0.3) is 5.56 Å². The molecule has 128 valence electrons. The van der Waals surface area contributed by atoms with E-state index in [4.69, 9.17) is 4.74 Å². The van der Waals surface area contributed by atoms with Gasteiger partial charge in [-0.25, -0.2) is 4.79 Å². The molecule has 3 heterocycles. The average molecular weight is 350 g/mol. The Morgan fingerprint density at radius 2 is 2.12 bits per heavy atom. The van der Waals surface area contributed by atoms with Crippen LogP contribution >= 0.6 is 11.3 Å². The second-order valence-electron chi connectivity index (χ2n) is 5.54. The number of carbonyl (C=O) groups is 1. The predicted octanol–water partition coefficient (Wildman–Crippen LogP) is 0.570. The van der Waals surface area contributed by atoms with Crippen molar-refractivity contribution in [2.45, 2.75) is 13.3 Å². The Morgan fingerprint density at radius 3 is 2.83 bits per heavy atom. The molecule has 3 rings (SSSR count). The van der Waals surface area contributed by atoms with Gasteiger partial charge in [0, 0.05) is 32.3 Å². The van der Waals surface area contributed by atoms with Crippen LogP contribution in [0.5, 0.6) is 0 Å². The maximum atomic E-state index is 12.3. The molecule has 1 saturated heterocycles. The molecular formula is C15H18N4O4S. The Morgan fingerprint density at radius 1 is 1.38 bits per heavy atom. The number of morpholine rings is 1. The van der Waals surface area contributed by atoms with Crippen molar-refractivity contribution in [3.05, 3.63) is 38.8 Å². The van der Waals surface area contributed by atoms with E-state index >= 15 is 0 Å². The number of hydrogen-bond acceptors (Lipinski definition) is 7. The molecule has 0 bridgehead atoms. The molecular weight excluding hydrogens is 332 g/mol. The standard InChI is InChI=1S/C15H18N4O4S/c1-10-2-5-19(13(20)12(10)14(21)22)15-17-16-11(24-15)3-4-18-6-8-23-9-7-18/h2,5H,3-4,6-9H2,1H3,(H,21,22). The normalized spacial score (nSPS) is 15.5. The van der Waals surface area contributed by atoms with Crippen molar-refractivity contribution in [3.8, 4) is 5.13 Å². The van der Waals surface area contributed by atoms with Crippen molar-refractivity contribution in [1.29, 1.82) is 0 Å². The average Bonchev–Trinajstić information content (AvgIpc) is 3.02. The molecule has 1 fully saturated rings. The molecule has 0 atom stereocenters. The molecule has 24 heavy (non-hydrogen) atoms. The molecule has 0 aromatic carbocycles. The molecule has 2 aromatic heterocycles. The predicted molar refractivity (Wildman–Crippen MR) is 88.2 cm³/mol. The quantitative estimate of drug-likeness (QED) is 0.842. The van der Waals surface area contributed by atoms with E-state index < -0.39 is 11.5 Å². The van der Waals surface area contributed by atoms with E-state index in [0.29, 0.717) is 10.7 Å². The highest BCUT2D eigenvalue weighted by atomic mass is 32.1. The number of carboxylic acids is 1. The van der Waals surface area contributed by atoms with Crippen LogP contribution in [0.4, 0.5) is 0 Å². The van der Waals surface area contributed by atoms with Gasteiger partial charge < -0.3 is 9.84 Å². The van der Waals surface area contributed by atoms with E-state index in [1.54, 1.807) is 13.0 Å². The van der Waals surface area contributed by atoms with Gasteiger partial charge in [-0.15, -0.1) is 10.2 Å². The van der Waals surface area contributed by atoms with Crippen LogP contribution < -0.4 is 5.56 Å². The number of aromatic nitrogens is 3. The van der Waals surface area contributed by atoms with Gasteiger partial charge in [0.05, 0.1) is 13.2 Å². The van der Waals surface area contributed by atoms with E-state index in [1.807, 2.05) is 0 Å². The van der Waals surface area contributed by atoms with E-state index in [1.165, 1.54) is 22.1 Å². The summed E-state index contributed by atoms with van der Waals surface area (Å²) in [6, 6.07) is 1.60. The molecule has 1 aliphatic rings. The number of aryl methyl sites for hydroxylation is 1. The fourth-order valence-corrected chi connectivity index (χ4v) is 3.37. The van der Waals surface area contributed by atoms with Gasteiger partial charge in [-0.3, -0.25) is 14.3 Å². The molecule has 0 spiro atoms. The number of carboxylic acid groups (broad SMARTS) is 1.